The number of carbonyl (C=O) groups is 4. The van der Waals surface area contributed by atoms with Gasteiger partial charge in [0, 0.05) is 30.7 Å². The number of ether oxygens (including phenoxy) is 2. The van der Waals surface area contributed by atoms with Gasteiger partial charge in [0.2, 0.25) is 11.8 Å². The fourth-order valence-corrected chi connectivity index (χ4v) is 10.2. The average molecular weight is 903 g/mol. The Labute approximate surface area is 386 Å². The Kier molecular flexibility index (Phi) is 13.3. The molecule has 66 heavy (non-hydrogen) atoms. The molecule has 0 saturated carbocycles. The molecular formula is C50H66N10O6. The Bertz CT molecular complexity index is 2420. The van der Waals surface area contributed by atoms with Gasteiger partial charge in [-0.1, -0.05) is 65.8 Å². The molecule has 16 heteroatoms. The minimum atomic E-state index is -0.712. The standard InChI is InChI=1S/C50H66N10O6/c1-28(2)42(56-48(63)65-7)46(61)58-23-9-11-40(58)44-52-34-19-13-30(25-36(34)54-44)38-21-22-39(60(38)33-17-15-32(16-18-33)50(5,6)27-51)31-14-20-35-37(26-31)55-45(53-35)41-12-10-24-59(41)47(62)43(29(3)4)57-49(64)66-8/h13-20,25-26,28-29,38-43H,9-12,21-24,27,51H2,1-8H3,(H,52,54)(H,53,55)(H,56,63)(H,57,64)/t38-,39-,40+,41+,42+,43+/m1/s1. The van der Waals surface area contributed by atoms with Crippen molar-refractivity contribution in [2.75, 3.05) is 38.8 Å². The van der Waals surface area contributed by atoms with E-state index in [1.165, 1.54) is 19.8 Å². The van der Waals surface area contributed by atoms with Gasteiger partial charge < -0.3 is 50.5 Å². The van der Waals surface area contributed by atoms with E-state index in [1.54, 1.807) is 0 Å². The number of H-pyrrole nitrogens is 2. The lowest BCUT2D eigenvalue weighted by Gasteiger charge is -2.34. The average Bonchev–Trinajstić information content (AvgIpc) is 4.17. The summed E-state index contributed by atoms with van der Waals surface area (Å²) >= 11 is 0. The second-order valence-electron chi connectivity index (χ2n) is 19.5. The number of amides is 4. The van der Waals surface area contributed by atoms with Crippen molar-refractivity contribution in [3.63, 3.8) is 0 Å². The van der Waals surface area contributed by atoms with Gasteiger partial charge in [-0.3, -0.25) is 9.59 Å². The van der Waals surface area contributed by atoms with Crippen LogP contribution in [0.1, 0.15) is 133 Å². The lowest BCUT2D eigenvalue weighted by molar-refractivity contribution is -0.136. The van der Waals surface area contributed by atoms with Crippen molar-refractivity contribution in [3.8, 4) is 0 Å². The third kappa shape index (κ3) is 9.03. The van der Waals surface area contributed by atoms with Crippen molar-refractivity contribution in [1.29, 1.82) is 0 Å². The van der Waals surface area contributed by atoms with E-state index in [2.05, 4.69) is 100 Å². The summed E-state index contributed by atoms with van der Waals surface area (Å²) in [5.41, 5.74) is 14.1. The molecular weight excluding hydrogens is 837 g/mol. The number of nitrogens with two attached hydrogens (primary N) is 1. The number of carbonyl (C=O) groups excluding carboxylic acids is 4. The van der Waals surface area contributed by atoms with Gasteiger partial charge in [0.15, 0.2) is 0 Å². The molecule has 4 amide bonds. The number of hydrogen-bond acceptors (Lipinski definition) is 10. The molecule has 2 aromatic heterocycles. The summed E-state index contributed by atoms with van der Waals surface area (Å²) in [5.74, 6) is 0.941. The molecule has 6 N–H and O–H groups in total. The van der Waals surface area contributed by atoms with E-state index in [-0.39, 0.29) is 53.2 Å². The van der Waals surface area contributed by atoms with Crippen molar-refractivity contribution in [1.82, 2.24) is 40.4 Å². The molecule has 0 aliphatic carbocycles. The van der Waals surface area contributed by atoms with Crippen molar-refractivity contribution < 1.29 is 28.7 Å². The molecule has 0 radical (unpaired) electrons. The van der Waals surface area contributed by atoms with Crippen molar-refractivity contribution in [2.24, 2.45) is 17.6 Å². The van der Waals surface area contributed by atoms with E-state index in [4.69, 9.17) is 25.2 Å². The second kappa shape index (κ2) is 19.0. The Morgan fingerprint density at radius 1 is 0.682 bits per heavy atom. The lowest BCUT2D eigenvalue weighted by Crippen LogP contribution is -2.51. The minimum absolute atomic E-state index is 0.0345. The molecule has 16 nitrogen and oxygen atoms in total. The van der Waals surface area contributed by atoms with E-state index >= 15 is 0 Å². The van der Waals surface area contributed by atoms with Crippen molar-refractivity contribution in [3.05, 3.63) is 89.0 Å². The van der Waals surface area contributed by atoms with Crippen LogP contribution in [0.15, 0.2) is 60.7 Å². The van der Waals surface area contributed by atoms with Gasteiger partial charge in [-0.15, -0.1) is 0 Å². The fraction of sp³-hybridized carbons (Fsp3) is 0.520. The number of aromatic amines is 2. The Morgan fingerprint density at radius 2 is 1.18 bits per heavy atom. The highest BCUT2D eigenvalue weighted by atomic mass is 16.5. The Hall–Kier alpha value is -6.16. The Balaban J connectivity index is 1.09. The number of anilines is 1. The van der Waals surface area contributed by atoms with E-state index in [0.717, 1.165) is 89.1 Å². The largest absolute Gasteiger partial charge is 0.453 e. The zero-order valence-corrected chi connectivity index (χ0v) is 39.5. The topological polar surface area (TPSA) is 204 Å². The van der Waals surface area contributed by atoms with Crippen LogP contribution in [0, 0.1) is 11.8 Å². The molecule has 5 aromatic rings. The molecule has 5 heterocycles. The number of methoxy groups -OCH3 is 2. The van der Waals surface area contributed by atoms with E-state index < -0.39 is 24.3 Å². The number of fused-ring (bicyclic) bond motifs is 2. The summed E-state index contributed by atoms with van der Waals surface area (Å²) in [6.45, 7) is 13.7. The fourth-order valence-electron chi connectivity index (χ4n) is 10.2. The van der Waals surface area contributed by atoms with Crippen LogP contribution < -0.4 is 21.3 Å². The maximum absolute atomic E-state index is 13.9. The van der Waals surface area contributed by atoms with Gasteiger partial charge in [-0.25, -0.2) is 19.6 Å². The van der Waals surface area contributed by atoms with Crippen LogP contribution in [0.25, 0.3) is 22.1 Å². The SMILES string of the molecule is COC(=O)N[C@H](C(=O)N1CCC[C@H]1c1nc2cc([C@H]3CC[C@H](c4ccc5nc([C@@H]6CCCN6C(=O)[C@@H](NC(=O)OC)C(C)C)[nH]c5c4)N3c3ccc(C(C)(C)CN)cc3)ccc2[nH]1)C(C)C. The van der Waals surface area contributed by atoms with Crippen molar-refractivity contribution >= 4 is 51.8 Å². The molecule has 0 spiro atoms. The van der Waals surface area contributed by atoms with Crippen LogP contribution in [-0.2, 0) is 24.5 Å². The molecule has 0 bridgehead atoms. The predicted octanol–water partition coefficient (Wildman–Crippen LogP) is 7.85. The number of benzene rings is 3. The van der Waals surface area contributed by atoms with E-state index in [9.17, 15) is 19.2 Å². The zero-order chi connectivity index (χ0) is 47.0. The quantitative estimate of drug-likeness (QED) is 0.0774. The maximum Gasteiger partial charge on any atom is 0.407 e. The number of imidazole rings is 2. The first-order valence-corrected chi connectivity index (χ1v) is 23.5. The Morgan fingerprint density at radius 3 is 1.70 bits per heavy atom. The number of nitrogens with one attached hydrogen (secondary N) is 4. The van der Waals surface area contributed by atoms with Crippen molar-refractivity contribution in [2.45, 2.75) is 122 Å². The van der Waals surface area contributed by atoms with E-state index in [0.29, 0.717) is 19.6 Å². The number of likely N-dealkylation sites (tertiary alicyclic amines) is 2. The molecule has 3 saturated heterocycles. The summed E-state index contributed by atoms with van der Waals surface area (Å²) in [7, 11) is 2.60. The second-order valence-corrected chi connectivity index (χ2v) is 19.5. The van der Waals surface area contributed by atoms with Crippen LogP contribution in [0.2, 0.25) is 0 Å². The molecule has 8 rings (SSSR count). The van der Waals surface area contributed by atoms with Crippen LogP contribution in [-0.4, -0.2) is 99.7 Å². The van der Waals surface area contributed by atoms with Gasteiger partial charge in [0.1, 0.15) is 23.7 Å². The van der Waals surface area contributed by atoms with Crippen LogP contribution in [0.5, 0.6) is 0 Å². The monoisotopic (exact) mass is 903 g/mol. The molecule has 3 aliphatic rings. The number of alkyl carbamates (subject to hydrolysis) is 2. The maximum atomic E-state index is 13.9. The highest BCUT2D eigenvalue weighted by Crippen LogP contribution is 2.48. The van der Waals surface area contributed by atoms with Gasteiger partial charge in [-0.2, -0.15) is 0 Å². The number of aromatic nitrogens is 4. The smallest absolute Gasteiger partial charge is 0.407 e. The third-order valence-electron chi connectivity index (χ3n) is 14.1. The van der Waals surface area contributed by atoms with Crippen LogP contribution in [0.4, 0.5) is 15.3 Å². The summed E-state index contributed by atoms with van der Waals surface area (Å²) in [6.07, 6.45) is 3.75. The molecule has 0 unspecified atom stereocenters. The number of rotatable bonds is 13. The van der Waals surface area contributed by atoms with E-state index in [1.807, 2.05) is 37.5 Å². The first kappa shape index (κ1) is 46.4. The zero-order valence-electron chi connectivity index (χ0n) is 39.5. The lowest BCUT2D eigenvalue weighted by atomic mass is 9.85. The predicted molar refractivity (Wildman–Crippen MR) is 254 cm³/mol. The van der Waals surface area contributed by atoms with Crippen LogP contribution >= 0.6 is 0 Å². The highest BCUT2D eigenvalue weighted by molar-refractivity contribution is 5.87. The van der Waals surface area contributed by atoms with Gasteiger partial charge in [0.25, 0.3) is 0 Å². The minimum Gasteiger partial charge on any atom is -0.453 e. The van der Waals surface area contributed by atoms with Gasteiger partial charge >= 0.3 is 12.2 Å². The molecule has 3 fully saturated rings. The molecule has 6 atom stereocenters. The van der Waals surface area contributed by atoms with Gasteiger partial charge in [0.05, 0.1) is 60.5 Å². The van der Waals surface area contributed by atoms with Crippen LogP contribution in [0.3, 0.4) is 0 Å². The number of nitrogens with zero attached hydrogens (tertiary/aromatic N) is 5. The summed E-state index contributed by atoms with van der Waals surface area (Å²) in [6, 6.07) is 19.9. The normalized spacial score (nSPS) is 21.0. The first-order valence-electron chi connectivity index (χ1n) is 23.5. The van der Waals surface area contributed by atoms with Gasteiger partial charge in [-0.05, 0) is 103 Å². The molecule has 3 aromatic carbocycles. The molecule has 352 valence electrons. The summed E-state index contributed by atoms with van der Waals surface area (Å²) in [4.78, 5) is 75.6. The molecule has 3 aliphatic heterocycles. The first-order chi connectivity index (χ1) is 31.6. The number of hydrogen-bond donors (Lipinski definition) is 5. The third-order valence-corrected chi connectivity index (χ3v) is 14.1. The summed E-state index contributed by atoms with van der Waals surface area (Å²) < 4.78 is 9.66. The highest BCUT2D eigenvalue weighted by Gasteiger charge is 2.41. The summed E-state index contributed by atoms with van der Waals surface area (Å²) in [5, 5.41) is 5.48.